The molecule has 3 aromatic carbocycles. The number of methoxy groups -OCH3 is 1. The van der Waals surface area contributed by atoms with E-state index in [1.807, 2.05) is 20.8 Å². The minimum atomic E-state index is -3.94. The molecule has 13 heteroatoms. The van der Waals surface area contributed by atoms with Gasteiger partial charge in [0.2, 0.25) is 0 Å². The molecule has 0 unspecified atom stereocenters. The molecular weight excluding hydrogens is 660 g/mol. The molecule has 0 fully saturated rings. The van der Waals surface area contributed by atoms with Crippen molar-refractivity contribution >= 4 is 33.3 Å². The predicted molar refractivity (Wildman–Crippen MR) is 194 cm³/mol. The summed E-state index contributed by atoms with van der Waals surface area (Å²) in [6.45, 7) is 8.07. The lowest BCUT2D eigenvalue weighted by Gasteiger charge is -2.35. The van der Waals surface area contributed by atoms with E-state index in [0.717, 1.165) is 18.4 Å². The molecule has 272 valence electrons. The van der Waals surface area contributed by atoms with Crippen molar-refractivity contribution in [3.05, 3.63) is 77.9 Å². The fourth-order valence-corrected chi connectivity index (χ4v) is 6.68. The third-order valence-electron chi connectivity index (χ3n) is 8.78. The monoisotopic (exact) mass is 710 g/mol. The molecule has 0 radical (unpaired) electrons. The summed E-state index contributed by atoms with van der Waals surface area (Å²) in [6, 6.07) is 17.3. The van der Waals surface area contributed by atoms with Crippen LogP contribution in [-0.4, -0.2) is 94.0 Å². The van der Waals surface area contributed by atoms with E-state index in [1.165, 1.54) is 18.2 Å². The Kier molecular flexibility index (Phi) is 13.5. The summed E-state index contributed by atoms with van der Waals surface area (Å²) in [5.41, 5.74) is 1.91. The zero-order valence-electron chi connectivity index (χ0n) is 29.7. The second-order valence-corrected chi connectivity index (χ2v) is 14.7. The van der Waals surface area contributed by atoms with Crippen molar-refractivity contribution < 1.29 is 37.3 Å². The van der Waals surface area contributed by atoms with Gasteiger partial charge in [-0.25, -0.2) is 13.2 Å². The second-order valence-electron chi connectivity index (χ2n) is 13.0. The zero-order valence-corrected chi connectivity index (χ0v) is 30.5. The first-order valence-electron chi connectivity index (χ1n) is 16.9. The van der Waals surface area contributed by atoms with Crippen LogP contribution in [0.4, 0.5) is 16.2 Å². The van der Waals surface area contributed by atoms with Crippen molar-refractivity contribution in [2.75, 3.05) is 50.5 Å². The number of urea groups is 1. The van der Waals surface area contributed by atoms with Crippen LogP contribution in [0.15, 0.2) is 71.6 Å². The maximum Gasteiger partial charge on any atom is 0.321 e. The molecular formula is C37H50N4O8S. The van der Waals surface area contributed by atoms with E-state index in [9.17, 15) is 23.1 Å². The highest BCUT2D eigenvalue weighted by atomic mass is 32.2. The van der Waals surface area contributed by atoms with E-state index in [1.54, 1.807) is 79.4 Å². The van der Waals surface area contributed by atoms with Crippen molar-refractivity contribution in [1.29, 1.82) is 0 Å². The Balaban J connectivity index is 1.61. The van der Waals surface area contributed by atoms with Crippen LogP contribution in [0.3, 0.4) is 0 Å². The number of fused-ring (bicyclic) bond motifs is 1. The molecule has 0 spiro atoms. The number of hydrogen-bond acceptors (Lipinski definition) is 8. The van der Waals surface area contributed by atoms with Gasteiger partial charge >= 0.3 is 6.03 Å². The normalized spacial score (nSPS) is 19.7. The number of carbonyl (C=O) groups is 2. The van der Waals surface area contributed by atoms with Gasteiger partial charge in [-0.05, 0) is 94.6 Å². The molecule has 50 heavy (non-hydrogen) atoms. The van der Waals surface area contributed by atoms with Gasteiger partial charge < -0.3 is 34.4 Å². The Morgan fingerprint density at radius 1 is 1.06 bits per heavy atom. The van der Waals surface area contributed by atoms with Crippen LogP contribution in [-0.2, 0) is 14.8 Å². The Morgan fingerprint density at radius 3 is 2.40 bits per heavy atom. The number of hydrogen-bond donors (Lipinski definition) is 3. The van der Waals surface area contributed by atoms with E-state index in [2.05, 4.69) is 10.0 Å². The first-order valence-corrected chi connectivity index (χ1v) is 18.4. The van der Waals surface area contributed by atoms with Crippen molar-refractivity contribution in [1.82, 2.24) is 9.80 Å². The number of amides is 3. The van der Waals surface area contributed by atoms with Gasteiger partial charge in [0, 0.05) is 44.0 Å². The van der Waals surface area contributed by atoms with Crippen LogP contribution in [0.25, 0.3) is 0 Å². The van der Waals surface area contributed by atoms with Crippen LogP contribution in [0, 0.1) is 12.8 Å². The Morgan fingerprint density at radius 2 is 1.74 bits per heavy atom. The minimum absolute atomic E-state index is 0.0948. The molecule has 0 bridgehead atoms. The third kappa shape index (κ3) is 10.3. The fourth-order valence-electron chi connectivity index (χ4n) is 5.63. The Labute approximate surface area is 295 Å². The number of ether oxygens (including phenoxy) is 3. The Bertz CT molecular complexity index is 1680. The number of benzene rings is 3. The number of aliphatic hydroxyl groups excluding tert-OH is 1. The topological polar surface area (TPSA) is 147 Å². The largest absolute Gasteiger partial charge is 0.497 e. The zero-order chi connectivity index (χ0) is 36.4. The lowest BCUT2D eigenvalue weighted by atomic mass is 10.0. The first-order chi connectivity index (χ1) is 23.8. The third-order valence-corrected chi connectivity index (χ3v) is 10.2. The molecule has 12 nitrogen and oxygen atoms in total. The minimum Gasteiger partial charge on any atom is -0.497 e. The lowest BCUT2D eigenvalue weighted by Crippen LogP contribution is -2.48. The number of sulfonamides is 1. The lowest BCUT2D eigenvalue weighted by molar-refractivity contribution is -0.0115. The summed E-state index contributed by atoms with van der Waals surface area (Å²) in [5, 5.41) is 13.1. The van der Waals surface area contributed by atoms with Crippen LogP contribution >= 0.6 is 0 Å². The van der Waals surface area contributed by atoms with Gasteiger partial charge in [-0.2, -0.15) is 0 Å². The van der Waals surface area contributed by atoms with E-state index in [0.29, 0.717) is 30.2 Å². The molecule has 3 amide bonds. The number of nitrogens with one attached hydrogen (secondary N) is 2. The van der Waals surface area contributed by atoms with E-state index in [4.69, 9.17) is 14.2 Å². The van der Waals surface area contributed by atoms with Gasteiger partial charge in [-0.3, -0.25) is 9.52 Å². The molecule has 3 N–H and O–H groups in total. The number of rotatable bonds is 9. The molecule has 1 heterocycles. The maximum atomic E-state index is 14.4. The summed E-state index contributed by atoms with van der Waals surface area (Å²) < 4.78 is 46.9. The molecule has 0 aromatic heterocycles. The van der Waals surface area contributed by atoms with E-state index >= 15 is 0 Å². The van der Waals surface area contributed by atoms with Crippen LogP contribution < -0.4 is 19.5 Å². The van der Waals surface area contributed by atoms with E-state index in [-0.39, 0.29) is 53.9 Å². The van der Waals surface area contributed by atoms with Gasteiger partial charge in [0.1, 0.15) is 11.5 Å². The predicted octanol–water partition coefficient (Wildman–Crippen LogP) is 5.76. The number of anilines is 2. The molecule has 0 saturated carbocycles. The maximum absolute atomic E-state index is 14.4. The van der Waals surface area contributed by atoms with Crippen molar-refractivity contribution in [2.24, 2.45) is 5.92 Å². The van der Waals surface area contributed by atoms with Crippen molar-refractivity contribution in [3.63, 3.8) is 0 Å². The molecule has 0 aliphatic carbocycles. The number of aryl methyl sites for hydroxylation is 1. The molecule has 0 saturated heterocycles. The summed E-state index contributed by atoms with van der Waals surface area (Å²) in [7, 11) is -0.677. The highest BCUT2D eigenvalue weighted by molar-refractivity contribution is 7.92. The SMILES string of the molecule is COc1ccc(NC(=O)N(C)C[C@@H]2OCCCC[C@@H](C)Oc3ccc(NS(=O)(=O)c4ccc(C)cc4)cc3C(=O)N([C@H](C)CO)C[C@@H]2C)cc1. The summed E-state index contributed by atoms with van der Waals surface area (Å²) in [5.74, 6) is 0.304. The number of carbonyl (C=O) groups excluding carboxylic acids is 2. The van der Waals surface area contributed by atoms with Gasteiger partial charge in [-0.1, -0.05) is 24.6 Å². The average Bonchev–Trinajstić information content (AvgIpc) is 3.09. The molecule has 1 aliphatic heterocycles. The number of nitrogens with zero attached hydrogens (tertiary/aromatic N) is 2. The highest BCUT2D eigenvalue weighted by Gasteiger charge is 2.31. The number of likely N-dealkylation sites (N-methyl/N-ethyl adjacent to an activating group) is 1. The second kappa shape index (κ2) is 17.6. The standard InChI is InChI=1S/C37H50N4O8S/c1-25-10-17-32(18-11-25)50(45,46)39-30-14-19-34-33(21-30)36(43)41(27(3)24-42)22-26(2)35(48-20-8-7-9-28(4)49-34)23-40(5)37(44)38-29-12-15-31(47-6)16-13-29/h10-19,21,26-28,35,39,42H,7-9,20,22-24H2,1-6H3,(H,38,44)/t26-,27+,28+,35-/m0/s1. The van der Waals surface area contributed by atoms with Crippen LogP contribution in [0.1, 0.15) is 56.0 Å². The molecule has 3 aromatic rings. The van der Waals surface area contributed by atoms with Crippen LogP contribution in [0.2, 0.25) is 0 Å². The van der Waals surface area contributed by atoms with Gasteiger partial charge in [0.05, 0.1) is 42.4 Å². The van der Waals surface area contributed by atoms with E-state index < -0.39 is 28.1 Å². The molecule has 4 rings (SSSR count). The Hall–Kier alpha value is -4.33. The molecule has 4 atom stereocenters. The average molecular weight is 711 g/mol. The first kappa shape index (κ1) is 38.5. The summed E-state index contributed by atoms with van der Waals surface area (Å²) in [4.78, 5) is 30.8. The van der Waals surface area contributed by atoms with Crippen LogP contribution in [0.5, 0.6) is 11.5 Å². The highest BCUT2D eigenvalue weighted by Crippen LogP contribution is 2.30. The number of aliphatic hydroxyl groups is 1. The summed E-state index contributed by atoms with van der Waals surface area (Å²) >= 11 is 0. The molecule has 1 aliphatic rings. The van der Waals surface area contributed by atoms with Gasteiger partial charge in [-0.15, -0.1) is 0 Å². The smallest absolute Gasteiger partial charge is 0.321 e. The van der Waals surface area contributed by atoms with Gasteiger partial charge in [0.15, 0.2) is 0 Å². The fraction of sp³-hybridized carbons (Fsp3) is 0.459. The quantitative estimate of drug-likeness (QED) is 0.254. The van der Waals surface area contributed by atoms with Crippen molar-refractivity contribution in [3.8, 4) is 11.5 Å². The summed E-state index contributed by atoms with van der Waals surface area (Å²) in [6.07, 6.45) is 1.58. The van der Waals surface area contributed by atoms with Crippen molar-refractivity contribution in [2.45, 2.75) is 70.1 Å². The van der Waals surface area contributed by atoms with Gasteiger partial charge in [0.25, 0.3) is 15.9 Å².